The predicted molar refractivity (Wildman–Crippen MR) is 205 cm³/mol. The smallest absolute Gasteiger partial charge is 0.341 e. The first-order chi connectivity index (χ1) is 32.5. The van der Waals surface area contributed by atoms with Gasteiger partial charge in [0, 0.05) is 23.0 Å². The Morgan fingerprint density at radius 1 is 0.565 bits per heavy atom. The van der Waals surface area contributed by atoms with Crippen molar-refractivity contribution in [1.29, 1.82) is 0 Å². The van der Waals surface area contributed by atoms with E-state index >= 15 is 0 Å². The quantitative estimate of drug-likeness (QED) is 0.0570. The minimum atomic E-state index is -2.61. The van der Waals surface area contributed by atoms with Crippen LogP contribution in [0.2, 0.25) is 0 Å². The molecule has 28 nitrogen and oxygen atoms in total. The average molecular weight is 973 g/mol. The van der Waals surface area contributed by atoms with Gasteiger partial charge in [-0.1, -0.05) is 0 Å². The Labute approximate surface area is 380 Å². The van der Waals surface area contributed by atoms with E-state index in [1.54, 1.807) is 0 Å². The topological polar surface area (TPSA) is 450 Å². The largest absolute Gasteiger partial charge is 0.504 e. The fourth-order valence-electron chi connectivity index (χ4n) is 8.64. The molecule has 0 radical (unpaired) electrons. The van der Waals surface area contributed by atoms with Crippen molar-refractivity contribution < 1.29 is 137 Å². The molecule has 11 N–H and O–H groups in total. The van der Waals surface area contributed by atoms with Crippen LogP contribution in [0.4, 0.5) is 0 Å². The number of esters is 7. The van der Waals surface area contributed by atoms with Gasteiger partial charge < -0.3 is 94.1 Å². The standard InChI is InChI=1S/C41H32O28/c42-13-1-8(2-14(43)24(13)50)34(55)69-41-33-32-29(64-37(58)11(5-18(46)47)21-23-10(36(57)68-33)4-16(45)26(52)31(23)66-40(61)28(21)54)17(63-41)7-62-35(56)9-3-15(44)25(51)30-22(9)20(27(53)39(60)65-30)12(6-19(48)49)38(59)67-32/h1-4,11-12,17,20-21,27-29,32-33,41-45,50-54H,5-7H2,(H,46,47)(H,48,49). The molecule has 8 rings (SSSR count). The zero-order valence-corrected chi connectivity index (χ0v) is 34.1. The van der Waals surface area contributed by atoms with Gasteiger partial charge in [-0.15, -0.1) is 0 Å². The highest BCUT2D eigenvalue weighted by atomic mass is 16.7. The van der Waals surface area contributed by atoms with Crippen LogP contribution in [-0.4, -0.2) is 159 Å². The Hall–Kier alpha value is -8.63. The second-order valence-corrected chi connectivity index (χ2v) is 15.8. The molecular formula is C41H32O28. The summed E-state index contributed by atoms with van der Waals surface area (Å²) in [6.07, 6.45) is -20.5. The third-order valence-corrected chi connectivity index (χ3v) is 11.7. The van der Waals surface area contributed by atoms with E-state index in [9.17, 15) is 99.3 Å². The van der Waals surface area contributed by atoms with E-state index in [1.807, 2.05) is 0 Å². The van der Waals surface area contributed by atoms with Crippen molar-refractivity contribution in [2.24, 2.45) is 11.8 Å². The molecule has 0 saturated carbocycles. The lowest BCUT2D eigenvalue weighted by Crippen LogP contribution is -2.64. The highest BCUT2D eigenvalue weighted by molar-refractivity contribution is 5.99. The number of phenolic OH excluding ortho intramolecular Hbond substituents is 7. The number of hydrogen-bond donors (Lipinski definition) is 11. The van der Waals surface area contributed by atoms with Crippen molar-refractivity contribution >= 4 is 53.7 Å². The maximum absolute atomic E-state index is 14.7. The van der Waals surface area contributed by atoms with Crippen LogP contribution in [0.3, 0.4) is 0 Å². The van der Waals surface area contributed by atoms with E-state index in [2.05, 4.69) is 0 Å². The van der Waals surface area contributed by atoms with Crippen molar-refractivity contribution in [2.45, 2.75) is 67.6 Å². The van der Waals surface area contributed by atoms with Gasteiger partial charge in [0.05, 0.1) is 41.4 Å². The number of carbonyl (C=O) groups excluding carboxylic acids is 7. The highest BCUT2D eigenvalue weighted by Crippen LogP contribution is 2.53. The first-order valence-electron chi connectivity index (χ1n) is 19.8. The first-order valence-corrected chi connectivity index (χ1v) is 19.8. The third kappa shape index (κ3) is 7.99. The molecule has 3 aromatic rings. The van der Waals surface area contributed by atoms with Gasteiger partial charge in [0.15, 0.2) is 64.7 Å². The lowest BCUT2D eigenvalue weighted by atomic mass is 9.76. The monoisotopic (exact) mass is 972 g/mol. The van der Waals surface area contributed by atoms with Crippen LogP contribution in [0, 0.1) is 11.8 Å². The molecule has 5 heterocycles. The molecule has 0 aromatic heterocycles. The third-order valence-electron chi connectivity index (χ3n) is 11.7. The molecule has 4 bridgehead atoms. The molecule has 0 amide bonds. The number of ether oxygens (including phenoxy) is 8. The lowest BCUT2D eigenvalue weighted by molar-refractivity contribution is -0.292. The summed E-state index contributed by atoms with van der Waals surface area (Å²) in [5, 5.41) is 116. The van der Waals surface area contributed by atoms with E-state index in [1.165, 1.54) is 0 Å². The maximum atomic E-state index is 14.7. The molecule has 5 aliphatic rings. The minimum absolute atomic E-state index is 0.435. The van der Waals surface area contributed by atoms with Crippen molar-refractivity contribution in [2.75, 3.05) is 6.61 Å². The Morgan fingerprint density at radius 2 is 1.01 bits per heavy atom. The molecule has 0 spiro atoms. The van der Waals surface area contributed by atoms with Gasteiger partial charge in [-0.25, -0.2) is 24.0 Å². The molecule has 1 saturated heterocycles. The fraction of sp³-hybridized carbons (Fsp3) is 0.341. The molecule has 5 aliphatic heterocycles. The van der Waals surface area contributed by atoms with Gasteiger partial charge in [0.2, 0.25) is 23.9 Å². The summed E-state index contributed by atoms with van der Waals surface area (Å²) in [4.78, 5) is 123. The minimum Gasteiger partial charge on any atom is -0.504 e. The Kier molecular flexibility index (Phi) is 11.7. The summed E-state index contributed by atoms with van der Waals surface area (Å²) in [6, 6.07) is 2.04. The molecule has 3 aromatic carbocycles. The van der Waals surface area contributed by atoms with Crippen LogP contribution in [-0.2, 0) is 57.2 Å². The van der Waals surface area contributed by atoms with Crippen LogP contribution in [0.25, 0.3) is 0 Å². The number of benzene rings is 3. The summed E-state index contributed by atoms with van der Waals surface area (Å²) in [7, 11) is 0. The lowest BCUT2D eigenvalue weighted by Gasteiger charge is -2.45. The number of rotatable bonds is 6. The summed E-state index contributed by atoms with van der Waals surface area (Å²) in [5.74, 6) is -35.5. The van der Waals surface area contributed by atoms with E-state index in [0.29, 0.717) is 24.3 Å². The highest BCUT2D eigenvalue weighted by Gasteiger charge is 2.59. The predicted octanol–water partition coefficient (Wildman–Crippen LogP) is -1.65. The first kappa shape index (κ1) is 46.9. The number of aliphatic hydroxyl groups excluding tert-OH is 2. The Morgan fingerprint density at radius 3 is 1.49 bits per heavy atom. The van der Waals surface area contributed by atoms with E-state index in [0.717, 1.165) is 0 Å². The number of phenols is 7. The molecule has 69 heavy (non-hydrogen) atoms. The van der Waals surface area contributed by atoms with Crippen molar-refractivity contribution in [1.82, 2.24) is 0 Å². The number of carboxylic acids is 2. The summed E-state index contributed by atoms with van der Waals surface area (Å²) < 4.78 is 43.9. The van der Waals surface area contributed by atoms with Crippen LogP contribution >= 0.6 is 0 Å². The van der Waals surface area contributed by atoms with Crippen LogP contribution in [0.1, 0.15) is 66.9 Å². The van der Waals surface area contributed by atoms with Gasteiger partial charge >= 0.3 is 53.7 Å². The fourth-order valence-corrected chi connectivity index (χ4v) is 8.64. The number of carbonyl (C=O) groups is 9. The van der Waals surface area contributed by atoms with Gasteiger partial charge in [0.25, 0.3) is 0 Å². The van der Waals surface area contributed by atoms with Crippen LogP contribution < -0.4 is 9.47 Å². The van der Waals surface area contributed by atoms with Crippen molar-refractivity contribution in [3.05, 3.63) is 52.1 Å². The molecular weight excluding hydrogens is 940 g/mol. The second kappa shape index (κ2) is 17.2. The second-order valence-electron chi connectivity index (χ2n) is 15.8. The SMILES string of the molecule is O=C(O)CC1C(=O)OC2C3COC(=O)c4cc(O)c(O)c5c4C(C(O)C(=O)O5)C(CC(=O)O)C(=O)OC2C(OC(=O)c2cc(O)c(O)c4c2C1C(O)C(=O)O4)C(OC(=O)c1cc(O)c(O)c(O)c1)O3. The van der Waals surface area contributed by atoms with Crippen LogP contribution in [0.5, 0.6) is 51.7 Å². The van der Waals surface area contributed by atoms with Crippen molar-refractivity contribution in [3.63, 3.8) is 0 Å². The molecule has 11 atom stereocenters. The average Bonchev–Trinajstić information content (AvgIpc) is 3.28. The maximum Gasteiger partial charge on any atom is 0.341 e. The molecule has 28 heteroatoms. The van der Waals surface area contributed by atoms with Gasteiger partial charge in [-0.3, -0.25) is 19.2 Å². The molecule has 11 unspecified atom stereocenters. The van der Waals surface area contributed by atoms with Gasteiger partial charge in [-0.05, 0) is 24.3 Å². The van der Waals surface area contributed by atoms with E-state index < -0.39 is 219 Å². The number of aromatic hydroxyl groups is 7. The summed E-state index contributed by atoms with van der Waals surface area (Å²) in [5.41, 5.74) is -4.39. The van der Waals surface area contributed by atoms with Crippen LogP contribution in [0.15, 0.2) is 24.3 Å². The Balaban J connectivity index is 1.37. The van der Waals surface area contributed by atoms with Gasteiger partial charge in [0.1, 0.15) is 12.7 Å². The summed E-state index contributed by atoms with van der Waals surface area (Å²) in [6.45, 7) is -1.30. The van der Waals surface area contributed by atoms with E-state index in [-0.39, 0.29) is 0 Å². The molecule has 0 aliphatic carbocycles. The number of aliphatic hydroxyl groups is 2. The van der Waals surface area contributed by atoms with E-state index in [4.69, 9.17) is 37.9 Å². The zero-order chi connectivity index (χ0) is 50.2. The number of hydrogen-bond acceptors (Lipinski definition) is 26. The number of cyclic esters (lactones) is 1. The normalized spacial score (nSPS) is 28.4. The zero-order valence-electron chi connectivity index (χ0n) is 34.1. The van der Waals surface area contributed by atoms with Gasteiger partial charge in [-0.2, -0.15) is 0 Å². The number of carboxylic acid groups (broad SMARTS) is 2. The molecule has 1 fully saturated rings. The Bertz CT molecular complexity index is 2770. The number of aliphatic carboxylic acids is 2. The van der Waals surface area contributed by atoms with Crippen molar-refractivity contribution in [3.8, 4) is 51.7 Å². The summed E-state index contributed by atoms with van der Waals surface area (Å²) >= 11 is 0. The molecule has 364 valence electrons.